The molecule has 0 N–H and O–H groups in total. The first kappa shape index (κ1) is 22.0. The highest BCUT2D eigenvalue weighted by Crippen LogP contribution is 2.21. The van der Waals surface area contributed by atoms with E-state index in [1.165, 1.54) is 89.9 Å². The van der Waals surface area contributed by atoms with E-state index in [2.05, 4.69) is 13.8 Å². The Morgan fingerprint density at radius 3 is 1.27 bits per heavy atom. The standard InChI is InChI=1S/C20H39ClO/c1-3-5-7-9-11-12-14-16-18-19(20(21)22)17-15-13-10-8-6-4-2/h19H,3-18H2,1-2H3. The topological polar surface area (TPSA) is 17.1 Å². The summed E-state index contributed by atoms with van der Waals surface area (Å²) in [6.07, 6.45) is 20.3. The van der Waals surface area contributed by atoms with Crippen LogP contribution in [0.15, 0.2) is 0 Å². The summed E-state index contributed by atoms with van der Waals surface area (Å²) in [7, 11) is 0. The van der Waals surface area contributed by atoms with E-state index in [0.29, 0.717) is 0 Å². The lowest BCUT2D eigenvalue weighted by Gasteiger charge is -2.12. The van der Waals surface area contributed by atoms with Crippen LogP contribution >= 0.6 is 11.6 Å². The summed E-state index contributed by atoms with van der Waals surface area (Å²) in [6.45, 7) is 4.50. The van der Waals surface area contributed by atoms with Gasteiger partial charge in [0.05, 0.1) is 0 Å². The van der Waals surface area contributed by atoms with Gasteiger partial charge in [-0.05, 0) is 24.4 Å². The minimum absolute atomic E-state index is 0.100. The van der Waals surface area contributed by atoms with Crippen LogP contribution in [0.4, 0.5) is 0 Å². The molecule has 0 saturated carbocycles. The van der Waals surface area contributed by atoms with E-state index in [9.17, 15) is 4.79 Å². The molecule has 0 aromatic rings. The lowest BCUT2D eigenvalue weighted by Crippen LogP contribution is -2.08. The molecule has 0 spiro atoms. The molecule has 0 aromatic carbocycles. The van der Waals surface area contributed by atoms with E-state index < -0.39 is 0 Å². The summed E-state index contributed by atoms with van der Waals surface area (Å²) in [5, 5.41) is -0.100. The van der Waals surface area contributed by atoms with E-state index >= 15 is 0 Å². The molecule has 0 bridgehead atoms. The van der Waals surface area contributed by atoms with Gasteiger partial charge < -0.3 is 0 Å². The predicted molar refractivity (Wildman–Crippen MR) is 99.6 cm³/mol. The van der Waals surface area contributed by atoms with Gasteiger partial charge in [-0.25, -0.2) is 0 Å². The average Bonchev–Trinajstić information content (AvgIpc) is 2.50. The summed E-state index contributed by atoms with van der Waals surface area (Å²) in [4.78, 5) is 11.5. The number of hydrogen-bond acceptors (Lipinski definition) is 1. The zero-order chi connectivity index (χ0) is 16.5. The van der Waals surface area contributed by atoms with Crippen molar-refractivity contribution in [2.45, 2.75) is 117 Å². The number of halogens is 1. The van der Waals surface area contributed by atoms with Gasteiger partial charge in [0.1, 0.15) is 0 Å². The fourth-order valence-electron chi connectivity index (χ4n) is 3.07. The summed E-state index contributed by atoms with van der Waals surface area (Å²) in [6, 6.07) is 0. The van der Waals surface area contributed by atoms with Crippen molar-refractivity contribution in [1.29, 1.82) is 0 Å². The number of carbonyl (C=O) groups is 1. The first-order valence-corrected chi connectivity index (χ1v) is 10.3. The molecule has 0 aliphatic rings. The van der Waals surface area contributed by atoms with Crippen LogP contribution in [0.5, 0.6) is 0 Å². The third-order valence-corrected chi connectivity index (χ3v) is 4.94. The van der Waals surface area contributed by atoms with Gasteiger partial charge in [0.2, 0.25) is 5.24 Å². The Hall–Kier alpha value is -0.0400. The predicted octanol–water partition coefficient (Wildman–Crippen LogP) is 7.65. The Bertz CT molecular complexity index is 240. The second kappa shape index (κ2) is 17.3. The third kappa shape index (κ3) is 14.9. The second-order valence-electron chi connectivity index (χ2n) is 6.82. The van der Waals surface area contributed by atoms with Crippen molar-refractivity contribution < 1.29 is 4.79 Å². The van der Waals surface area contributed by atoms with Crippen LogP contribution in [0.2, 0.25) is 0 Å². The van der Waals surface area contributed by atoms with Crippen LogP contribution in [-0.2, 0) is 4.79 Å². The molecule has 22 heavy (non-hydrogen) atoms. The number of unbranched alkanes of at least 4 members (excludes halogenated alkanes) is 12. The fourth-order valence-corrected chi connectivity index (χ4v) is 3.29. The number of carbonyl (C=O) groups excluding carboxylic acids is 1. The molecular weight excluding hydrogens is 292 g/mol. The Labute approximate surface area is 144 Å². The number of rotatable bonds is 17. The Morgan fingerprint density at radius 1 is 0.636 bits per heavy atom. The van der Waals surface area contributed by atoms with Gasteiger partial charge in [-0.15, -0.1) is 0 Å². The van der Waals surface area contributed by atoms with Gasteiger partial charge >= 0.3 is 0 Å². The van der Waals surface area contributed by atoms with Crippen LogP contribution in [0.1, 0.15) is 117 Å². The largest absolute Gasteiger partial charge is 0.281 e. The lowest BCUT2D eigenvalue weighted by molar-refractivity contribution is -0.115. The molecule has 0 aliphatic carbocycles. The molecule has 0 aromatic heterocycles. The summed E-state index contributed by atoms with van der Waals surface area (Å²) in [5.74, 6) is 0.118. The SMILES string of the molecule is CCCCCCCCCCC(CCCCCCCC)C(=O)Cl. The van der Waals surface area contributed by atoms with Gasteiger partial charge in [0.25, 0.3) is 0 Å². The molecule has 1 unspecified atom stereocenters. The van der Waals surface area contributed by atoms with Crippen LogP contribution in [0.25, 0.3) is 0 Å². The zero-order valence-corrected chi connectivity index (χ0v) is 15.9. The van der Waals surface area contributed by atoms with Crippen molar-refractivity contribution in [3.63, 3.8) is 0 Å². The van der Waals surface area contributed by atoms with Crippen molar-refractivity contribution in [3.8, 4) is 0 Å². The monoisotopic (exact) mass is 330 g/mol. The molecule has 0 fully saturated rings. The molecule has 0 heterocycles. The van der Waals surface area contributed by atoms with Crippen molar-refractivity contribution in [1.82, 2.24) is 0 Å². The highest BCUT2D eigenvalue weighted by molar-refractivity contribution is 6.63. The molecule has 0 amide bonds. The van der Waals surface area contributed by atoms with Gasteiger partial charge in [-0.2, -0.15) is 0 Å². The van der Waals surface area contributed by atoms with Crippen molar-refractivity contribution >= 4 is 16.8 Å². The second-order valence-corrected chi connectivity index (χ2v) is 7.19. The highest BCUT2D eigenvalue weighted by atomic mass is 35.5. The van der Waals surface area contributed by atoms with E-state index in [-0.39, 0.29) is 11.2 Å². The molecule has 132 valence electrons. The molecule has 1 atom stereocenters. The smallest absolute Gasteiger partial charge is 0.224 e. The molecule has 0 aliphatic heterocycles. The fraction of sp³-hybridized carbons (Fsp3) is 0.950. The Kier molecular flexibility index (Phi) is 17.3. The highest BCUT2D eigenvalue weighted by Gasteiger charge is 2.15. The van der Waals surface area contributed by atoms with E-state index in [1.54, 1.807) is 0 Å². The van der Waals surface area contributed by atoms with Gasteiger partial charge in [-0.3, -0.25) is 4.79 Å². The molecule has 0 saturated heterocycles. The van der Waals surface area contributed by atoms with Gasteiger partial charge in [-0.1, -0.05) is 104 Å². The summed E-state index contributed by atoms with van der Waals surface area (Å²) < 4.78 is 0. The molecule has 0 radical (unpaired) electrons. The number of hydrogen-bond donors (Lipinski definition) is 0. The van der Waals surface area contributed by atoms with Crippen LogP contribution in [0.3, 0.4) is 0 Å². The quantitative estimate of drug-likeness (QED) is 0.198. The van der Waals surface area contributed by atoms with Gasteiger partial charge in [0.15, 0.2) is 0 Å². The van der Waals surface area contributed by atoms with Crippen molar-refractivity contribution in [2.75, 3.05) is 0 Å². The third-order valence-electron chi connectivity index (χ3n) is 4.63. The maximum atomic E-state index is 11.5. The average molecular weight is 331 g/mol. The first-order chi connectivity index (χ1) is 10.7. The minimum Gasteiger partial charge on any atom is -0.281 e. The molecule has 0 rings (SSSR count). The van der Waals surface area contributed by atoms with Crippen molar-refractivity contribution in [2.24, 2.45) is 5.92 Å². The minimum atomic E-state index is -0.100. The maximum Gasteiger partial charge on any atom is 0.224 e. The van der Waals surface area contributed by atoms with Crippen molar-refractivity contribution in [3.05, 3.63) is 0 Å². The molecular formula is C20H39ClO. The normalized spacial score (nSPS) is 12.5. The first-order valence-electron chi connectivity index (χ1n) is 9.91. The van der Waals surface area contributed by atoms with Crippen LogP contribution in [0, 0.1) is 5.92 Å². The van der Waals surface area contributed by atoms with Crippen LogP contribution < -0.4 is 0 Å². The Morgan fingerprint density at radius 2 is 0.955 bits per heavy atom. The van der Waals surface area contributed by atoms with E-state index in [0.717, 1.165) is 12.8 Å². The summed E-state index contributed by atoms with van der Waals surface area (Å²) in [5.41, 5.74) is 0. The van der Waals surface area contributed by atoms with Crippen LogP contribution in [-0.4, -0.2) is 5.24 Å². The van der Waals surface area contributed by atoms with Gasteiger partial charge in [0, 0.05) is 5.92 Å². The summed E-state index contributed by atoms with van der Waals surface area (Å²) >= 11 is 5.76. The van der Waals surface area contributed by atoms with E-state index in [4.69, 9.17) is 11.6 Å². The lowest BCUT2D eigenvalue weighted by atomic mass is 9.95. The molecule has 1 nitrogen and oxygen atoms in total. The Balaban J connectivity index is 3.50. The van der Waals surface area contributed by atoms with E-state index in [1.807, 2.05) is 0 Å². The maximum absolute atomic E-state index is 11.5. The zero-order valence-electron chi connectivity index (χ0n) is 15.2. The molecule has 2 heteroatoms.